The van der Waals surface area contributed by atoms with Crippen molar-refractivity contribution < 1.29 is 9.84 Å². The minimum Gasteiger partial charge on any atom is -0.368 e. The molecule has 0 aromatic carbocycles. The number of rotatable bonds is 3. The van der Waals surface area contributed by atoms with E-state index in [4.69, 9.17) is 4.74 Å². The highest BCUT2D eigenvalue weighted by Gasteiger charge is 2.54. The SMILES string of the molecule is CC(C)C(O)OC1CC2CC1C1CCCC21. The van der Waals surface area contributed by atoms with Crippen molar-refractivity contribution in [2.24, 2.45) is 29.6 Å². The number of ether oxygens (including phenoxy) is 1. The summed E-state index contributed by atoms with van der Waals surface area (Å²) in [7, 11) is 0. The molecule has 0 saturated heterocycles. The second-order valence-electron chi connectivity index (χ2n) is 6.46. The first kappa shape index (κ1) is 11.0. The van der Waals surface area contributed by atoms with Gasteiger partial charge in [-0.25, -0.2) is 0 Å². The van der Waals surface area contributed by atoms with Crippen LogP contribution < -0.4 is 0 Å². The normalized spacial score (nSPS) is 47.6. The van der Waals surface area contributed by atoms with E-state index in [1.165, 1.54) is 32.1 Å². The van der Waals surface area contributed by atoms with E-state index in [0.29, 0.717) is 6.10 Å². The standard InChI is InChI=1S/C14H24O2/c1-8(2)14(15)16-13-7-9-6-12(13)11-5-3-4-10(9)11/h8-15H,3-7H2,1-2H3. The predicted octanol–water partition coefficient (Wildman–Crippen LogP) is 2.80. The van der Waals surface area contributed by atoms with Gasteiger partial charge >= 0.3 is 0 Å². The maximum Gasteiger partial charge on any atom is 0.157 e. The van der Waals surface area contributed by atoms with Crippen LogP contribution in [0, 0.1) is 29.6 Å². The molecule has 1 N–H and O–H groups in total. The molecule has 2 heteroatoms. The molecule has 0 spiro atoms. The van der Waals surface area contributed by atoms with Crippen LogP contribution in [0.2, 0.25) is 0 Å². The summed E-state index contributed by atoms with van der Waals surface area (Å²) in [6.07, 6.45) is 6.72. The molecule has 3 aliphatic rings. The van der Waals surface area contributed by atoms with E-state index in [1.807, 2.05) is 13.8 Å². The smallest absolute Gasteiger partial charge is 0.157 e. The molecular formula is C14H24O2. The van der Waals surface area contributed by atoms with Crippen molar-refractivity contribution in [1.82, 2.24) is 0 Å². The van der Waals surface area contributed by atoms with E-state index in [0.717, 1.165) is 23.7 Å². The van der Waals surface area contributed by atoms with Crippen LogP contribution in [0.1, 0.15) is 46.0 Å². The Hall–Kier alpha value is -0.0800. The Morgan fingerprint density at radius 2 is 1.81 bits per heavy atom. The summed E-state index contributed by atoms with van der Waals surface area (Å²) < 4.78 is 5.87. The quantitative estimate of drug-likeness (QED) is 0.747. The number of hydrogen-bond acceptors (Lipinski definition) is 2. The van der Waals surface area contributed by atoms with Crippen molar-refractivity contribution in [3.05, 3.63) is 0 Å². The van der Waals surface area contributed by atoms with E-state index >= 15 is 0 Å². The summed E-state index contributed by atoms with van der Waals surface area (Å²) in [5.41, 5.74) is 0. The van der Waals surface area contributed by atoms with Gasteiger partial charge < -0.3 is 9.84 Å². The van der Waals surface area contributed by atoms with Crippen LogP contribution in [-0.4, -0.2) is 17.5 Å². The van der Waals surface area contributed by atoms with Gasteiger partial charge in [-0.3, -0.25) is 0 Å². The summed E-state index contributed by atoms with van der Waals surface area (Å²) in [6.45, 7) is 4.05. The lowest BCUT2D eigenvalue weighted by atomic mass is 9.80. The van der Waals surface area contributed by atoms with Crippen molar-refractivity contribution in [1.29, 1.82) is 0 Å². The topological polar surface area (TPSA) is 29.5 Å². The monoisotopic (exact) mass is 224 g/mol. The van der Waals surface area contributed by atoms with Gasteiger partial charge in [0.1, 0.15) is 0 Å². The number of fused-ring (bicyclic) bond motifs is 5. The lowest BCUT2D eigenvalue weighted by molar-refractivity contribution is -0.176. The predicted molar refractivity (Wildman–Crippen MR) is 62.8 cm³/mol. The number of hydrogen-bond donors (Lipinski definition) is 1. The first-order chi connectivity index (χ1) is 7.66. The minimum absolute atomic E-state index is 0.221. The first-order valence-corrected chi connectivity index (χ1v) is 7.00. The Labute approximate surface area is 98.4 Å². The molecule has 0 radical (unpaired) electrons. The lowest BCUT2D eigenvalue weighted by Gasteiger charge is -2.33. The zero-order chi connectivity index (χ0) is 11.3. The van der Waals surface area contributed by atoms with Crippen molar-refractivity contribution >= 4 is 0 Å². The Morgan fingerprint density at radius 3 is 2.56 bits per heavy atom. The van der Waals surface area contributed by atoms with Crippen molar-refractivity contribution in [3.63, 3.8) is 0 Å². The van der Waals surface area contributed by atoms with Crippen LogP contribution in [0.15, 0.2) is 0 Å². The molecule has 3 fully saturated rings. The average Bonchev–Trinajstić information content (AvgIpc) is 2.87. The van der Waals surface area contributed by atoms with E-state index in [2.05, 4.69) is 0 Å². The zero-order valence-electron chi connectivity index (χ0n) is 10.4. The lowest BCUT2D eigenvalue weighted by Crippen LogP contribution is -2.35. The maximum absolute atomic E-state index is 9.83. The van der Waals surface area contributed by atoms with Crippen LogP contribution in [0.4, 0.5) is 0 Å². The number of aliphatic hydroxyl groups is 1. The summed E-state index contributed by atoms with van der Waals surface area (Å²) >= 11 is 0. The van der Waals surface area contributed by atoms with Crippen LogP contribution >= 0.6 is 0 Å². The van der Waals surface area contributed by atoms with Gasteiger partial charge in [-0.1, -0.05) is 20.3 Å². The summed E-state index contributed by atoms with van der Waals surface area (Å²) in [6, 6.07) is 0. The average molecular weight is 224 g/mol. The molecule has 2 bridgehead atoms. The third kappa shape index (κ3) is 1.62. The van der Waals surface area contributed by atoms with Gasteiger partial charge in [0.25, 0.3) is 0 Å². The second kappa shape index (κ2) is 3.99. The van der Waals surface area contributed by atoms with Gasteiger partial charge in [0.2, 0.25) is 0 Å². The van der Waals surface area contributed by atoms with Gasteiger partial charge in [-0.05, 0) is 49.4 Å². The summed E-state index contributed by atoms with van der Waals surface area (Å²) in [4.78, 5) is 0. The van der Waals surface area contributed by atoms with Gasteiger partial charge in [-0.2, -0.15) is 0 Å². The highest BCUT2D eigenvalue weighted by atomic mass is 16.6. The van der Waals surface area contributed by atoms with Gasteiger partial charge in [0.05, 0.1) is 6.10 Å². The fourth-order valence-corrected chi connectivity index (χ4v) is 4.50. The van der Waals surface area contributed by atoms with Crippen LogP contribution in [0.5, 0.6) is 0 Å². The van der Waals surface area contributed by atoms with E-state index in [9.17, 15) is 5.11 Å². The molecule has 6 unspecified atom stereocenters. The Bertz CT molecular complexity index is 263. The number of aliphatic hydroxyl groups excluding tert-OH is 1. The molecule has 0 aliphatic heterocycles. The molecule has 3 aliphatic carbocycles. The third-order valence-corrected chi connectivity index (χ3v) is 5.25. The van der Waals surface area contributed by atoms with Gasteiger partial charge in [0, 0.05) is 5.92 Å². The third-order valence-electron chi connectivity index (χ3n) is 5.25. The minimum atomic E-state index is -0.552. The molecule has 92 valence electrons. The molecule has 0 heterocycles. The molecule has 3 saturated carbocycles. The fraction of sp³-hybridized carbons (Fsp3) is 1.00. The first-order valence-electron chi connectivity index (χ1n) is 7.00. The molecule has 0 aromatic heterocycles. The van der Waals surface area contributed by atoms with Gasteiger partial charge in [0.15, 0.2) is 6.29 Å². The maximum atomic E-state index is 9.83. The van der Waals surface area contributed by atoms with Crippen LogP contribution in [-0.2, 0) is 4.74 Å². The molecule has 0 aromatic rings. The zero-order valence-corrected chi connectivity index (χ0v) is 10.4. The van der Waals surface area contributed by atoms with Gasteiger partial charge in [-0.15, -0.1) is 0 Å². The van der Waals surface area contributed by atoms with Crippen molar-refractivity contribution in [3.8, 4) is 0 Å². The molecule has 0 amide bonds. The highest BCUT2D eigenvalue weighted by Crippen LogP contribution is 2.59. The van der Waals surface area contributed by atoms with E-state index < -0.39 is 6.29 Å². The van der Waals surface area contributed by atoms with Crippen molar-refractivity contribution in [2.75, 3.05) is 0 Å². The second-order valence-corrected chi connectivity index (χ2v) is 6.46. The van der Waals surface area contributed by atoms with Crippen LogP contribution in [0.3, 0.4) is 0 Å². The molecule has 16 heavy (non-hydrogen) atoms. The Morgan fingerprint density at radius 1 is 1.06 bits per heavy atom. The van der Waals surface area contributed by atoms with Crippen LogP contribution in [0.25, 0.3) is 0 Å². The fourth-order valence-electron chi connectivity index (χ4n) is 4.50. The largest absolute Gasteiger partial charge is 0.368 e. The van der Waals surface area contributed by atoms with Crippen molar-refractivity contribution in [2.45, 2.75) is 58.3 Å². The highest BCUT2D eigenvalue weighted by molar-refractivity contribution is 5.03. The Balaban J connectivity index is 1.63. The summed E-state index contributed by atoms with van der Waals surface area (Å²) in [5, 5.41) is 9.83. The summed E-state index contributed by atoms with van der Waals surface area (Å²) in [5.74, 6) is 3.86. The molecule has 6 atom stereocenters. The Kier molecular flexibility index (Phi) is 2.75. The molecule has 3 rings (SSSR count). The molecular weight excluding hydrogens is 200 g/mol. The molecule has 2 nitrogen and oxygen atoms in total. The van der Waals surface area contributed by atoms with E-state index in [1.54, 1.807) is 0 Å². The van der Waals surface area contributed by atoms with E-state index in [-0.39, 0.29) is 5.92 Å².